The van der Waals surface area contributed by atoms with Crippen molar-refractivity contribution in [1.82, 2.24) is 0 Å². The molecule has 0 amide bonds. The molecule has 0 aromatic carbocycles. The smallest absolute Gasteiger partial charge is 0.457 e. The molecule has 0 aliphatic heterocycles. The maximum atomic E-state index is 12.6. The highest BCUT2D eigenvalue weighted by atomic mass is 31.2. The van der Waals surface area contributed by atoms with Crippen molar-refractivity contribution in [3.63, 3.8) is 0 Å². The summed E-state index contributed by atoms with van der Waals surface area (Å²) < 4.78 is 34.7. The minimum atomic E-state index is -4.26. The van der Waals surface area contributed by atoms with Gasteiger partial charge >= 0.3 is 13.8 Å². The first-order valence-electron chi connectivity index (χ1n) is 18.4. The number of hydrogen-bond acceptors (Lipinski definition) is 6. The van der Waals surface area contributed by atoms with Crippen molar-refractivity contribution in [2.24, 2.45) is 0 Å². The van der Waals surface area contributed by atoms with Gasteiger partial charge in [-0.05, 0) is 38.5 Å². The van der Waals surface area contributed by atoms with E-state index in [0.717, 1.165) is 38.5 Å². The largest absolute Gasteiger partial charge is 0.472 e. The molecule has 268 valence electrons. The second kappa shape index (κ2) is 30.6. The summed E-state index contributed by atoms with van der Waals surface area (Å²) in [5.41, 5.74) is 0. The number of likely N-dealkylation sites (N-methyl/N-ethyl adjacent to an activating group) is 1. The molecule has 0 fully saturated rings. The third-order valence-electron chi connectivity index (χ3n) is 7.83. The monoisotopic (exact) mass is 663 g/mol. The summed E-state index contributed by atoms with van der Waals surface area (Å²) in [6, 6.07) is 0. The molecule has 0 aliphatic rings. The van der Waals surface area contributed by atoms with Crippen LogP contribution < -0.4 is 0 Å². The number of nitrogens with zero attached hydrogens (tertiary/aromatic N) is 1. The SMILES string of the molecule is CCCCCCC/C=C\CCCCCCCC(=O)OC(COCCCCCCCCCCC)COP(=O)(O)OCC[N+](C)(C)C. The number of allylic oxidation sites excluding steroid dienone is 2. The standard InChI is InChI=1S/C36H72NO7P/c1-6-8-10-12-14-16-17-18-19-20-21-23-25-27-29-36(38)44-35(34-43-45(39,40)42-32-30-37(3,4)5)33-41-31-28-26-24-22-15-13-11-9-7-2/h17-18,35H,6-16,19-34H2,1-5H3/p+1/b18-17-. The Bertz CT molecular complexity index is 741. The zero-order valence-electron chi connectivity index (χ0n) is 30.1. The Morgan fingerprint density at radius 1 is 0.667 bits per heavy atom. The van der Waals surface area contributed by atoms with E-state index < -0.39 is 13.9 Å². The lowest BCUT2D eigenvalue weighted by atomic mass is 10.1. The highest BCUT2D eigenvalue weighted by Crippen LogP contribution is 2.43. The Hall–Kier alpha value is -0.760. The van der Waals surface area contributed by atoms with Gasteiger partial charge in [0.25, 0.3) is 0 Å². The maximum absolute atomic E-state index is 12.6. The highest BCUT2D eigenvalue weighted by molar-refractivity contribution is 7.47. The number of unbranched alkanes of at least 4 members (excludes halogenated alkanes) is 18. The average Bonchev–Trinajstić information content (AvgIpc) is 2.98. The summed E-state index contributed by atoms with van der Waals surface area (Å²) >= 11 is 0. The van der Waals surface area contributed by atoms with E-state index in [1.54, 1.807) is 0 Å². The summed E-state index contributed by atoms with van der Waals surface area (Å²) in [5, 5.41) is 0. The molecule has 2 unspecified atom stereocenters. The van der Waals surface area contributed by atoms with E-state index in [-0.39, 0.29) is 25.8 Å². The molecule has 2 atom stereocenters. The lowest BCUT2D eigenvalue weighted by molar-refractivity contribution is -0.870. The van der Waals surface area contributed by atoms with Crippen LogP contribution in [0.5, 0.6) is 0 Å². The van der Waals surface area contributed by atoms with E-state index in [4.69, 9.17) is 18.5 Å². The number of hydrogen-bond donors (Lipinski definition) is 1. The van der Waals surface area contributed by atoms with E-state index in [1.165, 1.54) is 96.3 Å². The number of carbonyl (C=O) groups is 1. The van der Waals surface area contributed by atoms with Gasteiger partial charge in [-0.1, -0.05) is 122 Å². The Morgan fingerprint density at radius 2 is 1.16 bits per heavy atom. The summed E-state index contributed by atoms with van der Waals surface area (Å²) in [6.07, 6.45) is 29.5. The Labute approximate surface area is 278 Å². The van der Waals surface area contributed by atoms with Crippen molar-refractivity contribution in [2.75, 3.05) is 54.1 Å². The molecule has 0 aromatic heterocycles. The number of carbonyl (C=O) groups excluding carboxylic acids is 1. The van der Waals surface area contributed by atoms with Gasteiger partial charge in [-0.3, -0.25) is 13.8 Å². The Kier molecular flexibility index (Phi) is 30.0. The fourth-order valence-electron chi connectivity index (χ4n) is 4.90. The molecular formula is C36H73NO7P+. The van der Waals surface area contributed by atoms with Gasteiger partial charge in [0.05, 0.1) is 34.4 Å². The molecule has 0 saturated heterocycles. The predicted octanol–water partition coefficient (Wildman–Crippen LogP) is 9.93. The van der Waals surface area contributed by atoms with Gasteiger partial charge < -0.3 is 18.9 Å². The third-order valence-corrected chi connectivity index (χ3v) is 8.81. The lowest BCUT2D eigenvalue weighted by Gasteiger charge is -2.24. The number of rotatable bonds is 34. The number of phosphoric ester groups is 1. The highest BCUT2D eigenvalue weighted by Gasteiger charge is 2.26. The van der Waals surface area contributed by atoms with E-state index in [2.05, 4.69) is 26.0 Å². The zero-order valence-corrected chi connectivity index (χ0v) is 31.0. The quantitative estimate of drug-likeness (QED) is 0.0241. The van der Waals surface area contributed by atoms with E-state index in [1.807, 2.05) is 21.1 Å². The Balaban J connectivity index is 4.31. The third kappa shape index (κ3) is 34.4. The van der Waals surface area contributed by atoms with Crippen molar-refractivity contribution in [2.45, 2.75) is 161 Å². The van der Waals surface area contributed by atoms with Crippen LogP contribution in [0.2, 0.25) is 0 Å². The van der Waals surface area contributed by atoms with Crippen LogP contribution in [0.15, 0.2) is 12.2 Å². The number of esters is 1. The van der Waals surface area contributed by atoms with Crippen LogP contribution in [0, 0.1) is 0 Å². The summed E-state index contributed by atoms with van der Waals surface area (Å²) in [4.78, 5) is 22.7. The van der Waals surface area contributed by atoms with Gasteiger partial charge in [0.2, 0.25) is 0 Å². The lowest BCUT2D eigenvalue weighted by Crippen LogP contribution is -2.37. The molecule has 1 N–H and O–H groups in total. The molecule has 0 aliphatic carbocycles. The van der Waals surface area contributed by atoms with Crippen LogP contribution in [0.4, 0.5) is 0 Å². The number of phosphoric acid groups is 1. The van der Waals surface area contributed by atoms with E-state index in [9.17, 15) is 14.3 Å². The number of ether oxygens (including phenoxy) is 2. The summed E-state index contributed by atoms with van der Waals surface area (Å²) in [5.74, 6) is -0.323. The fourth-order valence-corrected chi connectivity index (χ4v) is 5.64. The van der Waals surface area contributed by atoms with Crippen molar-refractivity contribution in [3.05, 3.63) is 12.2 Å². The molecule has 0 aromatic rings. The molecule has 0 bridgehead atoms. The molecule has 45 heavy (non-hydrogen) atoms. The molecule has 0 radical (unpaired) electrons. The molecular weight excluding hydrogens is 589 g/mol. The second-order valence-corrected chi connectivity index (χ2v) is 15.1. The minimum absolute atomic E-state index is 0.0895. The second-order valence-electron chi connectivity index (χ2n) is 13.6. The van der Waals surface area contributed by atoms with Gasteiger partial charge in [-0.2, -0.15) is 0 Å². The van der Waals surface area contributed by atoms with Crippen molar-refractivity contribution < 1.29 is 37.3 Å². The van der Waals surface area contributed by atoms with Gasteiger partial charge in [-0.25, -0.2) is 4.57 Å². The Morgan fingerprint density at radius 3 is 1.69 bits per heavy atom. The predicted molar refractivity (Wildman–Crippen MR) is 187 cm³/mol. The van der Waals surface area contributed by atoms with Crippen molar-refractivity contribution >= 4 is 13.8 Å². The van der Waals surface area contributed by atoms with Crippen LogP contribution in [0.25, 0.3) is 0 Å². The van der Waals surface area contributed by atoms with Crippen LogP contribution in [-0.4, -0.2) is 75.6 Å². The fraction of sp³-hybridized carbons (Fsp3) is 0.917. The normalized spacial score (nSPS) is 14.2. The molecule has 0 saturated carbocycles. The summed E-state index contributed by atoms with van der Waals surface area (Å²) in [6.45, 7) is 5.59. The van der Waals surface area contributed by atoms with Gasteiger partial charge in [-0.15, -0.1) is 0 Å². The maximum Gasteiger partial charge on any atom is 0.472 e. The zero-order chi connectivity index (χ0) is 33.5. The molecule has 0 rings (SSSR count). The van der Waals surface area contributed by atoms with Crippen LogP contribution in [0.1, 0.15) is 155 Å². The van der Waals surface area contributed by atoms with Crippen LogP contribution >= 0.6 is 7.82 Å². The topological polar surface area (TPSA) is 91.3 Å². The summed E-state index contributed by atoms with van der Waals surface area (Å²) in [7, 11) is 1.67. The van der Waals surface area contributed by atoms with Crippen molar-refractivity contribution in [3.8, 4) is 0 Å². The first-order valence-corrected chi connectivity index (χ1v) is 19.9. The van der Waals surface area contributed by atoms with E-state index in [0.29, 0.717) is 24.1 Å². The average molecular weight is 663 g/mol. The van der Waals surface area contributed by atoms with Crippen molar-refractivity contribution in [1.29, 1.82) is 0 Å². The van der Waals surface area contributed by atoms with Gasteiger partial charge in [0.15, 0.2) is 0 Å². The first kappa shape index (κ1) is 44.2. The molecule has 0 heterocycles. The molecule has 0 spiro atoms. The van der Waals surface area contributed by atoms with Crippen LogP contribution in [-0.2, 0) is 27.9 Å². The van der Waals surface area contributed by atoms with E-state index >= 15 is 0 Å². The molecule has 8 nitrogen and oxygen atoms in total. The minimum Gasteiger partial charge on any atom is -0.457 e. The number of quaternary nitrogens is 1. The van der Waals surface area contributed by atoms with Gasteiger partial charge in [0, 0.05) is 13.0 Å². The van der Waals surface area contributed by atoms with Crippen LogP contribution in [0.3, 0.4) is 0 Å². The molecule has 9 heteroatoms. The first-order chi connectivity index (χ1) is 21.6. The van der Waals surface area contributed by atoms with Gasteiger partial charge in [0.1, 0.15) is 19.3 Å².